The molecule has 0 unspecified atom stereocenters. The van der Waals surface area contributed by atoms with E-state index in [0.717, 1.165) is 40.9 Å². The highest BCUT2D eigenvalue weighted by Gasteiger charge is 2.22. The van der Waals surface area contributed by atoms with E-state index in [1.807, 2.05) is 24.3 Å². The van der Waals surface area contributed by atoms with Crippen LogP contribution in [0.3, 0.4) is 0 Å². The smallest absolute Gasteiger partial charge is 0.189 e. The Balaban J connectivity index is 1.93. The highest BCUT2D eigenvalue weighted by atomic mass is 16.5. The molecule has 0 amide bonds. The molecule has 0 radical (unpaired) electrons. The number of benzene rings is 2. The van der Waals surface area contributed by atoms with Crippen LogP contribution in [0.2, 0.25) is 0 Å². The maximum Gasteiger partial charge on any atom is 0.189 e. The fourth-order valence-corrected chi connectivity index (χ4v) is 2.68. The quantitative estimate of drug-likeness (QED) is 0.769. The third-order valence-corrected chi connectivity index (χ3v) is 3.93. The number of ketones is 1. The summed E-state index contributed by atoms with van der Waals surface area (Å²) in [6.45, 7) is 2.06. The first-order valence-corrected chi connectivity index (χ1v) is 7.16. The Morgan fingerprint density at radius 3 is 2.52 bits per heavy atom. The van der Waals surface area contributed by atoms with Crippen molar-refractivity contribution < 1.29 is 9.53 Å². The SMILES string of the molecule is COc1ccc2c(c1)CCC(=Cc1ccc(C)cc1)C2=O. The summed E-state index contributed by atoms with van der Waals surface area (Å²) in [7, 11) is 1.65. The van der Waals surface area contributed by atoms with Crippen LogP contribution in [-0.2, 0) is 6.42 Å². The Hall–Kier alpha value is -2.35. The van der Waals surface area contributed by atoms with E-state index in [1.165, 1.54) is 5.56 Å². The van der Waals surface area contributed by atoms with Crippen LogP contribution in [0.25, 0.3) is 6.08 Å². The van der Waals surface area contributed by atoms with Crippen molar-refractivity contribution in [2.24, 2.45) is 0 Å². The highest BCUT2D eigenvalue weighted by Crippen LogP contribution is 2.29. The number of Topliss-reactive ketones (excluding diaryl/α,β-unsaturated/α-hetero) is 1. The van der Waals surface area contributed by atoms with Gasteiger partial charge in [0.05, 0.1) is 7.11 Å². The standard InChI is InChI=1S/C19H18O2/c1-13-3-5-14(6-4-13)11-16-8-7-15-12-17(21-2)9-10-18(15)19(16)20/h3-6,9-12H,7-8H2,1-2H3. The van der Waals surface area contributed by atoms with Crippen LogP contribution in [0.1, 0.15) is 33.5 Å². The zero-order chi connectivity index (χ0) is 14.8. The van der Waals surface area contributed by atoms with E-state index in [4.69, 9.17) is 4.74 Å². The predicted octanol–water partition coefficient (Wildman–Crippen LogP) is 4.22. The van der Waals surface area contributed by atoms with Crippen molar-refractivity contribution in [3.63, 3.8) is 0 Å². The van der Waals surface area contributed by atoms with Gasteiger partial charge in [-0.25, -0.2) is 0 Å². The molecule has 2 aromatic carbocycles. The highest BCUT2D eigenvalue weighted by molar-refractivity contribution is 6.13. The number of methoxy groups -OCH3 is 1. The summed E-state index contributed by atoms with van der Waals surface area (Å²) in [6.07, 6.45) is 3.68. The van der Waals surface area contributed by atoms with Crippen LogP contribution < -0.4 is 4.74 Å². The fraction of sp³-hybridized carbons (Fsp3) is 0.211. The molecule has 0 atom stereocenters. The van der Waals surface area contributed by atoms with Gasteiger partial charge >= 0.3 is 0 Å². The molecule has 0 saturated heterocycles. The normalized spacial score (nSPS) is 15.9. The summed E-state index contributed by atoms with van der Waals surface area (Å²) >= 11 is 0. The molecule has 3 rings (SSSR count). The molecule has 0 saturated carbocycles. The van der Waals surface area contributed by atoms with Gasteiger partial charge in [0, 0.05) is 11.1 Å². The lowest BCUT2D eigenvalue weighted by Gasteiger charge is -2.18. The van der Waals surface area contributed by atoms with Crippen LogP contribution in [0.4, 0.5) is 0 Å². The monoisotopic (exact) mass is 278 g/mol. The summed E-state index contributed by atoms with van der Waals surface area (Å²) < 4.78 is 5.22. The van der Waals surface area contributed by atoms with E-state index < -0.39 is 0 Å². The Labute approximate surface area is 125 Å². The number of hydrogen-bond acceptors (Lipinski definition) is 2. The maximum atomic E-state index is 12.6. The third-order valence-electron chi connectivity index (χ3n) is 3.93. The molecule has 2 aromatic rings. The Morgan fingerprint density at radius 2 is 1.81 bits per heavy atom. The van der Waals surface area contributed by atoms with Crippen LogP contribution in [0.5, 0.6) is 5.75 Å². The second-order valence-electron chi connectivity index (χ2n) is 5.43. The zero-order valence-corrected chi connectivity index (χ0v) is 12.3. The van der Waals surface area contributed by atoms with Crippen molar-refractivity contribution in [1.82, 2.24) is 0 Å². The summed E-state index contributed by atoms with van der Waals surface area (Å²) in [5, 5.41) is 0. The van der Waals surface area contributed by atoms with Gasteiger partial charge in [-0.2, -0.15) is 0 Å². The van der Waals surface area contributed by atoms with Crippen LogP contribution in [0, 0.1) is 6.92 Å². The molecule has 21 heavy (non-hydrogen) atoms. The Morgan fingerprint density at radius 1 is 1.05 bits per heavy atom. The van der Waals surface area contributed by atoms with Gasteiger partial charge in [0.25, 0.3) is 0 Å². The molecule has 1 aliphatic rings. The Bertz CT molecular complexity index is 709. The van der Waals surface area contributed by atoms with Crippen molar-refractivity contribution in [2.45, 2.75) is 19.8 Å². The van der Waals surface area contributed by atoms with Gasteiger partial charge in [-0.1, -0.05) is 29.8 Å². The minimum atomic E-state index is 0.138. The fourth-order valence-electron chi connectivity index (χ4n) is 2.68. The van der Waals surface area contributed by atoms with E-state index in [-0.39, 0.29) is 5.78 Å². The van der Waals surface area contributed by atoms with E-state index in [2.05, 4.69) is 31.2 Å². The van der Waals surface area contributed by atoms with Gasteiger partial charge in [-0.05, 0) is 55.2 Å². The molecule has 1 aliphatic carbocycles. The number of carbonyl (C=O) groups excluding carboxylic acids is 1. The predicted molar refractivity (Wildman–Crippen MR) is 84.8 cm³/mol. The second-order valence-corrected chi connectivity index (χ2v) is 5.43. The van der Waals surface area contributed by atoms with Crippen molar-refractivity contribution in [3.05, 3.63) is 70.3 Å². The molecular formula is C19H18O2. The molecular weight excluding hydrogens is 260 g/mol. The van der Waals surface area contributed by atoms with Crippen molar-refractivity contribution >= 4 is 11.9 Å². The molecule has 0 N–H and O–H groups in total. The lowest BCUT2D eigenvalue weighted by molar-refractivity contribution is 0.102. The third kappa shape index (κ3) is 2.75. The maximum absolute atomic E-state index is 12.6. The molecule has 0 fully saturated rings. The Kier molecular flexibility index (Phi) is 3.61. The average molecular weight is 278 g/mol. The lowest BCUT2D eigenvalue weighted by Crippen LogP contribution is -2.14. The van der Waals surface area contributed by atoms with Crippen LogP contribution in [-0.4, -0.2) is 12.9 Å². The topological polar surface area (TPSA) is 26.3 Å². The molecule has 0 aromatic heterocycles. The van der Waals surface area contributed by atoms with E-state index >= 15 is 0 Å². The number of fused-ring (bicyclic) bond motifs is 1. The van der Waals surface area contributed by atoms with Crippen molar-refractivity contribution in [1.29, 1.82) is 0 Å². The summed E-state index contributed by atoms with van der Waals surface area (Å²) in [5.41, 5.74) is 5.09. The molecule has 0 heterocycles. The molecule has 0 bridgehead atoms. The van der Waals surface area contributed by atoms with Crippen LogP contribution >= 0.6 is 0 Å². The summed E-state index contributed by atoms with van der Waals surface area (Å²) in [4.78, 5) is 12.6. The van der Waals surface area contributed by atoms with E-state index in [9.17, 15) is 4.79 Å². The largest absolute Gasteiger partial charge is 0.497 e. The molecule has 2 nitrogen and oxygen atoms in total. The first-order valence-electron chi connectivity index (χ1n) is 7.16. The number of rotatable bonds is 2. The van der Waals surface area contributed by atoms with Gasteiger partial charge in [0.15, 0.2) is 5.78 Å². The molecule has 2 heteroatoms. The summed E-state index contributed by atoms with van der Waals surface area (Å²) in [6, 6.07) is 13.9. The van der Waals surface area contributed by atoms with Crippen molar-refractivity contribution in [3.8, 4) is 5.75 Å². The van der Waals surface area contributed by atoms with Gasteiger partial charge in [-0.15, -0.1) is 0 Å². The van der Waals surface area contributed by atoms with Gasteiger partial charge in [-0.3, -0.25) is 4.79 Å². The lowest BCUT2D eigenvalue weighted by atomic mass is 9.86. The van der Waals surface area contributed by atoms with Crippen molar-refractivity contribution in [2.75, 3.05) is 7.11 Å². The molecule has 0 aliphatic heterocycles. The molecule has 106 valence electrons. The minimum Gasteiger partial charge on any atom is -0.497 e. The van der Waals surface area contributed by atoms with Gasteiger partial charge in [0.2, 0.25) is 0 Å². The van der Waals surface area contributed by atoms with E-state index in [1.54, 1.807) is 7.11 Å². The average Bonchev–Trinajstić information content (AvgIpc) is 2.52. The number of aryl methyl sites for hydroxylation is 2. The van der Waals surface area contributed by atoms with Gasteiger partial charge in [0.1, 0.15) is 5.75 Å². The zero-order valence-electron chi connectivity index (χ0n) is 12.3. The molecule has 0 spiro atoms. The number of hydrogen-bond donors (Lipinski definition) is 0. The van der Waals surface area contributed by atoms with Gasteiger partial charge < -0.3 is 4.74 Å². The second kappa shape index (κ2) is 5.57. The number of allylic oxidation sites excluding steroid dienone is 1. The first-order chi connectivity index (χ1) is 10.2. The first kappa shape index (κ1) is 13.6. The van der Waals surface area contributed by atoms with Crippen LogP contribution in [0.15, 0.2) is 48.0 Å². The van der Waals surface area contributed by atoms with E-state index in [0.29, 0.717) is 0 Å². The number of carbonyl (C=O) groups is 1. The summed E-state index contributed by atoms with van der Waals surface area (Å²) in [5.74, 6) is 0.951. The minimum absolute atomic E-state index is 0.138. The number of ether oxygens (including phenoxy) is 1.